The van der Waals surface area contributed by atoms with Gasteiger partial charge in [-0.15, -0.1) is 0 Å². The molecule has 5 nitrogen and oxygen atoms in total. The van der Waals surface area contributed by atoms with Gasteiger partial charge in [-0.2, -0.15) is 0 Å². The number of aryl methyl sites for hydroxylation is 1. The SMILES string of the molecule is Cc1cc(N2CCCC2)nc2ccc(NC(=S)N3CCOCC3)cc12. The second-order valence-corrected chi connectivity index (χ2v) is 7.14. The number of fused-ring (bicyclic) bond motifs is 1. The monoisotopic (exact) mass is 356 g/mol. The number of benzene rings is 1. The number of pyridine rings is 1. The molecule has 4 rings (SSSR count). The molecular weight excluding hydrogens is 332 g/mol. The lowest BCUT2D eigenvalue weighted by molar-refractivity contribution is 0.0690. The molecule has 0 saturated carbocycles. The Labute approximate surface area is 154 Å². The van der Waals surface area contributed by atoms with Crippen LogP contribution in [0.2, 0.25) is 0 Å². The first-order chi connectivity index (χ1) is 12.2. The molecule has 0 atom stereocenters. The number of hydrogen-bond donors (Lipinski definition) is 1. The molecule has 2 fully saturated rings. The molecule has 1 aromatic carbocycles. The molecule has 3 heterocycles. The molecule has 2 saturated heterocycles. The van der Waals surface area contributed by atoms with Crippen molar-refractivity contribution in [3.8, 4) is 0 Å². The summed E-state index contributed by atoms with van der Waals surface area (Å²) in [6.45, 7) is 7.56. The molecule has 1 N–H and O–H groups in total. The third-order valence-corrected chi connectivity index (χ3v) is 5.34. The average molecular weight is 356 g/mol. The van der Waals surface area contributed by atoms with E-state index in [4.69, 9.17) is 21.9 Å². The van der Waals surface area contributed by atoms with Crippen molar-refractivity contribution in [1.82, 2.24) is 9.88 Å². The maximum absolute atomic E-state index is 5.54. The Morgan fingerprint density at radius 2 is 1.88 bits per heavy atom. The van der Waals surface area contributed by atoms with Crippen LogP contribution in [0.5, 0.6) is 0 Å². The molecule has 0 unspecified atom stereocenters. The summed E-state index contributed by atoms with van der Waals surface area (Å²) in [5.74, 6) is 1.10. The summed E-state index contributed by atoms with van der Waals surface area (Å²) in [4.78, 5) is 9.40. The van der Waals surface area contributed by atoms with Crippen LogP contribution in [0.1, 0.15) is 18.4 Å². The highest BCUT2D eigenvalue weighted by molar-refractivity contribution is 7.80. The van der Waals surface area contributed by atoms with Crippen LogP contribution in [-0.2, 0) is 4.74 Å². The van der Waals surface area contributed by atoms with E-state index in [-0.39, 0.29) is 0 Å². The van der Waals surface area contributed by atoms with E-state index < -0.39 is 0 Å². The van der Waals surface area contributed by atoms with Gasteiger partial charge in [0.15, 0.2) is 5.11 Å². The van der Waals surface area contributed by atoms with Crippen molar-refractivity contribution < 1.29 is 4.74 Å². The number of nitrogens with zero attached hydrogens (tertiary/aromatic N) is 3. The van der Waals surface area contributed by atoms with E-state index in [1.165, 1.54) is 23.8 Å². The topological polar surface area (TPSA) is 40.6 Å². The summed E-state index contributed by atoms with van der Waals surface area (Å²) in [5, 5.41) is 5.31. The van der Waals surface area contributed by atoms with E-state index in [0.717, 1.165) is 61.5 Å². The fourth-order valence-electron chi connectivity index (χ4n) is 3.53. The molecule has 25 heavy (non-hydrogen) atoms. The smallest absolute Gasteiger partial charge is 0.173 e. The highest BCUT2D eigenvalue weighted by Gasteiger charge is 2.16. The van der Waals surface area contributed by atoms with E-state index in [1.54, 1.807) is 0 Å². The summed E-state index contributed by atoms with van der Waals surface area (Å²) in [6, 6.07) is 8.51. The largest absolute Gasteiger partial charge is 0.378 e. The molecule has 2 aromatic rings. The Kier molecular flexibility index (Phi) is 4.72. The van der Waals surface area contributed by atoms with Gasteiger partial charge in [-0.05, 0) is 61.8 Å². The maximum atomic E-state index is 5.54. The Morgan fingerprint density at radius 3 is 2.64 bits per heavy atom. The quantitative estimate of drug-likeness (QED) is 0.834. The summed E-state index contributed by atoms with van der Waals surface area (Å²) < 4.78 is 5.39. The summed E-state index contributed by atoms with van der Waals surface area (Å²) in [5.41, 5.74) is 3.32. The fraction of sp³-hybridized carbons (Fsp3) is 0.474. The van der Waals surface area contributed by atoms with Crippen molar-refractivity contribution in [1.29, 1.82) is 0 Å². The third-order valence-electron chi connectivity index (χ3n) is 4.98. The lowest BCUT2D eigenvalue weighted by Gasteiger charge is -2.29. The van der Waals surface area contributed by atoms with Gasteiger partial charge in [0.25, 0.3) is 0 Å². The first-order valence-electron chi connectivity index (χ1n) is 9.01. The van der Waals surface area contributed by atoms with Gasteiger partial charge in [0.05, 0.1) is 18.7 Å². The van der Waals surface area contributed by atoms with E-state index in [9.17, 15) is 0 Å². The minimum absolute atomic E-state index is 0.738. The van der Waals surface area contributed by atoms with Crippen LogP contribution in [0.4, 0.5) is 11.5 Å². The van der Waals surface area contributed by atoms with Crippen LogP contribution >= 0.6 is 12.2 Å². The molecule has 0 spiro atoms. The first kappa shape index (κ1) is 16.5. The summed E-state index contributed by atoms with van der Waals surface area (Å²) in [7, 11) is 0. The first-order valence-corrected chi connectivity index (χ1v) is 9.41. The Hall–Kier alpha value is -1.92. The van der Waals surface area contributed by atoms with Crippen molar-refractivity contribution in [2.45, 2.75) is 19.8 Å². The van der Waals surface area contributed by atoms with E-state index in [0.29, 0.717) is 0 Å². The van der Waals surface area contributed by atoms with Gasteiger partial charge in [-0.25, -0.2) is 4.98 Å². The summed E-state index contributed by atoms with van der Waals surface area (Å²) >= 11 is 5.54. The van der Waals surface area contributed by atoms with Gasteiger partial charge in [0.2, 0.25) is 0 Å². The van der Waals surface area contributed by atoms with Crippen LogP contribution < -0.4 is 10.2 Å². The number of hydrogen-bond acceptors (Lipinski definition) is 4. The van der Waals surface area contributed by atoms with E-state index in [1.807, 2.05) is 0 Å². The van der Waals surface area contributed by atoms with E-state index in [2.05, 4.69) is 46.3 Å². The fourth-order valence-corrected chi connectivity index (χ4v) is 3.83. The van der Waals surface area contributed by atoms with Crippen molar-refractivity contribution in [2.24, 2.45) is 0 Å². The standard InChI is InChI=1S/C19H24N4OS/c1-14-12-18(22-6-2-3-7-22)21-17-5-4-15(13-16(14)17)20-19(25)23-8-10-24-11-9-23/h4-5,12-13H,2-3,6-11H2,1H3,(H,20,25). The second-order valence-electron chi connectivity index (χ2n) is 6.75. The molecular formula is C19H24N4OS. The Balaban J connectivity index is 1.56. The number of aromatic nitrogens is 1. The highest BCUT2D eigenvalue weighted by Crippen LogP contribution is 2.27. The minimum Gasteiger partial charge on any atom is -0.378 e. The van der Waals surface area contributed by atoms with Crippen LogP contribution in [0.15, 0.2) is 24.3 Å². The number of thiocarbonyl (C=S) groups is 1. The van der Waals surface area contributed by atoms with Crippen molar-refractivity contribution >= 4 is 39.7 Å². The molecule has 0 radical (unpaired) electrons. The van der Waals surface area contributed by atoms with Crippen LogP contribution in [0.25, 0.3) is 10.9 Å². The van der Waals surface area contributed by atoms with Gasteiger partial charge in [-0.3, -0.25) is 0 Å². The van der Waals surface area contributed by atoms with Gasteiger partial charge < -0.3 is 19.9 Å². The lowest BCUT2D eigenvalue weighted by Crippen LogP contribution is -2.42. The van der Waals surface area contributed by atoms with Gasteiger partial charge >= 0.3 is 0 Å². The molecule has 2 aliphatic heterocycles. The minimum atomic E-state index is 0.738. The van der Waals surface area contributed by atoms with E-state index >= 15 is 0 Å². The highest BCUT2D eigenvalue weighted by atomic mass is 32.1. The van der Waals surface area contributed by atoms with Crippen LogP contribution in [-0.4, -0.2) is 54.4 Å². The zero-order valence-electron chi connectivity index (χ0n) is 14.6. The number of ether oxygens (including phenoxy) is 1. The normalized spacial score (nSPS) is 18.0. The number of nitrogens with one attached hydrogen (secondary N) is 1. The lowest BCUT2D eigenvalue weighted by atomic mass is 10.1. The Morgan fingerprint density at radius 1 is 1.12 bits per heavy atom. The van der Waals surface area contributed by atoms with Gasteiger partial charge in [0.1, 0.15) is 5.82 Å². The molecule has 6 heteroatoms. The van der Waals surface area contributed by atoms with Crippen molar-refractivity contribution in [3.05, 3.63) is 29.8 Å². The molecule has 0 bridgehead atoms. The average Bonchev–Trinajstić information content (AvgIpc) is 3.17. The molecule has 1 aromatic heterocycles. The van der Waals surface area contributed by atoms with Crippen LogP contribution in [0, 0.1) is 6.92 Å². The van der Waals surface area contributed by atoms with Crippen LogP contribution in [0.3, 0.4) is 0 Å². The number of morpholine rings is 1. The zero-order valence-corrected chi connectivity index (χ0v) is 15.4. The van der Waals surface area contributed by atoms with Gasteiger partial charge in [0, 0.05) is 37.3 Å². The molecule has 0 amide bonds. The van der Waals surface area contributed by atoms with Crippen molar-refractivity contribution in [2.75, 3.05) is 49.6 Å². The predicted octanol–water partition coefficient (Wildman–Crippen LogP) is 3.17. The molecule has 0 aliphatic carbocycles. The summed E-state index contributed by atoms with van der Waals surface area (Å²) in [6.07, 6.45) is 2.53. The Bertz CT molecular complexity index is 782. The third kappa shape index (κ3) is 3.55. The van der Waals surface area contributed by atoms with Gasteiger partial charge in [-0.1, -0.05) is 0 Å². The molecule has 132 valence electrons. The second kappa shape index (κ2) is 7.14. The maximum Gasteiger partial charge on any atom is 0.173 e. The molecule has 2 aliphatic rings. The van der Waals surface area contributed by atoms with Crippen molar-refractivity contribution in [3.63, 3.8) is 0 Å². The zero-order chi connectivity index (χ0) is 17.2. The number of rotatable bonds is 2. The number of anilines is 2. The predicted molar refractivity (Wildman–Crippen MR) is 107 cm³/mol.